The second-order valence-corrected chi connectivity index (χ2v) is 9.09. The summed E-state index contributed by atoms with van der Waals surface area (Å²) in [4.78, 5) is 1.95. The van der Waals surface area contributed by atoms with Gasteiger partial charge in [0, 0.05) is 29.9 Å². The monoisotopic (exact) mass is 505 g/mol. The van der Waals surface area contributed by atoms with Crippen LogP contribution < -0.4 is 14.4 Å². The Morgan fingerprint density at radius 1 is 1.00 bits per heavy atom. The molecule has 0 aromatic heterocycles. The zero-order valence-corrected chi connectivity index (χ0v) is 20.0. The van der Waals surface area contributed by atoms with Crippen molar-refractivity contribution in [1.82, 2.24) is 0 Å². The Morgan fingerprint density at radius 2 is 1.71 bits per heavy atom. The molecule has 0 saturated heterocycles. The van der Waals surface area contributed by atoms with Crippen LogP contribution in [0.2, 0.25) is 5.02 Å². The second kappa shape index (κ2) is 10.8. The Labute approximate surface area is 207 Å². The van der Waals surface area contributed by atoms with E-state index in [1.807, 2.05) is 42.2 Å². The molecule has 1 saturated carbocycles. The zero-order valence-electron chi connectivity index (χ0n) is 19.3. The minimum absolute atomic E-state index is 0.248. The quantitative estimate of drug-likeness (QED) is 0.312. The number of aryl methyl sites for hydroxylation is 1. The average Bonchev–Trinajstić information content (AvgIpc) is 3.65. The summed E-state index contributed by atoms with van der Waals surface area (Å²) in [6, 6.07) is 18.8. The molecule has 1 aliphatic carbocycles. The molecule has 3 aromatic rings. The van der Waals surface area contributed by atoms with E-state index < -0.39 is 12.5 Å². The van der Waals surface area contributed by atoms with E-state index in [9.17, 15) is 18.3 Å². The van der Waals surface area contributed by atoms with E-state index in [0.717, 1.165) is 30.5 Å². The van der Waals surface area contributed by atoms with Gasteiger partial charge in [-0.25, -0.2) is 0 Å². The van der Waals surface area contributed by atoms with E-state index >= 15 is 0 Å². The molecule has 3 aromatic carbocycles. The fourth-order valence-electron chi connectivity index (χ4n) is 3.94. The van der Waals surface area contributed by atoms with E-state index in [0.29, 0.717) is 35.2 Å². The molecular formula is C27H27ClF3NO3. The molecule has 186 valence electrons. The number of alkyl halides is 3. The lowest BCUT2D eigenvalue weighted by atomic mass is 10.1. The number of hydrogen-bond donors (Lipinski definition) is 1. The molecule has 0 amide bonds. The Bertz CT molecular complexity index is 1150. The molecule has 1 aliphatic rings. The van der Waals surface area contributed by atoms with Crippen LogP contribution in [0.15, 0.2) is 66.7 Å². The number of benzene rings is 3. The Morgan fingerprint density at radius 3 is 2.43 bits per heavy atom. The van der Waals surface area contributed by atoms with Crippen LogP contribution in [0.5, 0.6) is 17.2 Å². The van der Waals surface area contributed by atoms with Gasteiger partial charge in [0.1, 0.15) is 17.2 Å². The van der Waals surface area contributed by atoms with Crippen molar-refractivity contribution in [2.24, 2.45) is 5.92 Å². The normalized spacial score (nSPS) is 14.5. The van der Waals surface area contributed by atoms with Crippen LogP contribution in [-0.4, -0.2) is 24.1 Å². The minimum Gasteiger partial charge on any atom is -0.457 e. The maximum atomic E-state index is 12.7. The molecule has 35 heavy (non-hydrogen) atoms. The first-order chi connectivity index (χ1) is 16.7. The number of aliphatic hydroxyl groups excluding tert-OH is 1. The maximum Gasteiger partial charge on any atom is 0.573 e. The highest BCUT2D eigenvalue weighted by Gasteiger charge is 2.32. The molecule has 0 radical (unpaired) electrons. The molecule has 1 N–H and O–H groups in total. The van der Waals surface area contributed by atoms with Crippen LogP contribution in [0.1, 0.15) is 30.9 Å². The van der Waals surface area contributed by atoms with E-state index in [1.165, 1.54) is 18.2 Å². The van der Waals surface area contributed by atoms with Crippen molar-refractivity contribution < 1.29 is 27.8 Å². The van der Waals surface area contributed by atoms with Gasteiger partial charge in [-0.1, -0.05) is 36.7 Å². The van der Waals surface area contributed by atoms with Crippen molar-refractivity contribution >= 4 is 17.3 Å². The van der Waals surface area contributed by atoms with Gasteiger partial charge in [0.15, 0.2) is 0 Å². The van der Waals surface area contributed by atoms with Gasteiger partial charge in [0.2, 0.25) is 0 Å². The van der Waals surface area contributed by atoms with Gasteiger partial charge in [0.25, 0.3) is 0 Å². The molecule has 4 nitrogen and oxygen atoms in total. The summed E-state index contributed by atoms with van der Waals surface area (Å²) in [6.45, 7) is 2.66. The van der Waals surface area contributed by atoms with Crippen molar-refractivity contribution in [1.29, 1.82) is 0 Å². The van der Waals surface area contributed by atoms with Crippen molar-refractivity contribution in [3.8, 4) is 17.2 Å². The maximum absolute atomic E-state index is 12.7. The van der Waals surface area contributed by atoms with Crippen LogP contribution in [-0.2, 0) is 13.0 Å². The first-order valence-corrected chi connectivity index (χ1v) is 11.9. The first-order valence-electron chi connectivity index (χ1n) is 11.5. The van der Waals surface area contributed by atoms with Crippen LogP contribution in [0, 0.1) is 5.92 Å². The van der Waals surface area contributed by atoms with Gasteiger partial charge in [-0.3, -0.25) is 0 Å². The average molecular weight is 506 g/mol. The molecule has 1 atom stereocenters. The zero-order chi connectivity index (χ0) is 25.0. The SMILES string of the molecule is CCc1cc(Oc2cccc(N(Cc3cccc(OC(F)(F)F)c3)CC(O)C3CC3)c2)ccc1Cl. The van der Waals surface area contributed by atoms with Gasteiger partial charge in [-0.15, -0.1) is 13.2 Å². The van der Waals surface area contributed by atoms with Gasteiger partial charge < -0.3 is 19.5 Å². The lowest BCUT2D eigenvalue weighted by Crippen LogP contribution is -2.33. The summed E-state index contributed by atoms with van der Waals surface area (Å²) in [5, 5.41) is 11.3. The summed E-state index contributed by atoms with van der Waals surface area (Å²) >= 11 is 6.21. The van der Waals surface area contributed by atoms with E-state index in [4.69, 9.17) is 16.3 Å². The van der Waals surface area contributed by atoms with Crippen LogP contribution >= 0.6 is 11.6 Å². The number of halogens is 4. The third kappa shape index (κ3) is 7.29. The van der Waals surface area contributed by atoms with E-state index in [-0.39, 0.29) is 11.7 Å². The highest BCUT2D eigenvalue weighted by Crippen LogP contribution is 2.35. The number of hydrogen-bond acceptors (Lipinski definition) is 4. The molecule has 1 unspecified atom stereocenters. The second-order valence-electron chi connectivity index (χ2n) is 8.69. The molecule has 0 bridgehead atoms. The lowest BCUT2D eigenvalue weighted by Gasteiger charge is -2.28. The van der Waals surface area contributed by atoms with Gasteiger partial charge in [-0.2, -0.15) is 0 Å². The molecule has 0 heterocycles. The Hall–Kier alpha value is -2.90. The lowest BCUT2D eigenvalue weighted by molar-refractivity contribution is -0.274. The summed E-state index contributed by atoms with van der Waals surface area (Å²) < 4.78 is 48.2. The first kappa shape index (κ1) is 25.2. The van der Waals surface area contributed by atoms with Gasteiger partial charge in [0.05, 0.1) is 6.10 Å². The number of anilines is 1. The summed E-state index contributed by atoms with van der Waals surface area (Å²) in [5.74, 6) is 1.24. The highest BCUT2D eigenvalue weighted by atomic mass is 35.5. The highest BCUT2D eigenvalue weighted by molar-refractivity contribution is 6.31. The molecule has 4 rings (SSSR count). The summed E-state index contributed by atoms with van der Waals surface area (Å²) in [6.07, 6.45) is -2.56. The Kier molecular flexibility index (Phi) is 7.77. The van der Waals surface area contributed by atoms with E-state index in [2.05, 4.69) is 4.74 Å². The van der Waals surface area contributed by atoms with E-state index in [1.54, 1.807) is 18.2 Å². The van der Waals surface area contributed by atoms with Crippen molar-refractivity contribution in [2.75, 3.05) is 11.4 Å². The van der Waals surface area contributed by atoms with Crippen LogP contribution in [0.25, 0.3) is 0 Å². The smallest absolute Gasteiger partial charge is 0.457 e. The molecule has 0 spiro atoms. The number of nitrogens with zero attached hydrogens (tertiary/aromatic N) is 1. The number of rotatable bonds is 10. The van der Waals surface area contributed by atoms with Crippen molar-refractivity contribution in [2.45, 2.75) is 45.2 Å². The van der Waals surface area contributed by atoms with Crippen molar-refractivity contribution in [3.05, 3.63) is 82.9 Å². The van der Waals surface area contributed by atoms with Gasteiger partial charge in [-0.05, 0) is 78.8 Å². The summed E-state index contributed by atoms with van der Waals surface area (Å²) in [5.41, 5.74) is 2.40. The third-order valence-corrected chi connectivity index (χ3v) is 6.26. The molecule has 0 aliphatic heterocycles. The third-order valence-electron chi connectivity index (χ3n) is 5.90. The molecule has 8 heteroatoms. The van der Waals surface area contributed by atoms with Crippen LogP contribution in [0.3, 0.4) is 0 Å². The summed E-state index contributed by atoms with van der Waals surface area (Å²) in [7, 11) is 0. The standard InChI is InChI=1S/C27H27ClF3NO3/c1-2-19-14-23(11-12-25(19)28)34-22-7-4-6-21(15-22)32(17-26(33)20-9-10-20)16-18-5-3-8-24(13-18)35-27(29,30)31/h3-8,11-15,20,26,33H,2,9-10,16-17H2,1H3. The number of aliphatic hydroxyl groups is 1. The fraction of sp³-hybridized carbons (Fsp3) is 0.333. The fourth-order valence-corrected chi connectivity index (χ4v) is 4.19. The largest absolute Gasteiger partial charge is 0.573 e. The number of ether oxygens (including phenoxy) is 2. The van der Waals surface area contributed by atoms with Crippen molar-refractivity contribution in [3.63, 3.8) is 0 Å². The topological polar surface area (TPSA) is 41.9 Å². The van der Waals surface area contributed by atoms with Crippen LogP contribution in [0.4, 0.5) is 18.9 Å². The molecule has 1 fully saturated rings. The predicted octanol–water partition coefficient (Wildman–Crippen LogP) is 7.37. The minimum atomic E-state index is -4.76. The van der Waals surface area contributed by atoms with Gasteiger partial charge >= 0.3 is 6.36 Å². The molecular weight excluding hydrogens is 479 g/mol. The predicted molar refractivity (Wildman–Crippen MR) is 130 cm³/mol. The Balaban J connectivity index is 1.56.